The van der Waals surface area contributed by atoms with Gasteiger partial charge in [0.1, 0.15) is 5.82 Å². The Labute approximate surface area is 165 Å². The number of allylic oxidation sites excluding steroid dienone is 1. The molecule has 0 amide bonds. The molecular weight excluding hydrogens is 387 g/mol. The summed E-state index contributed by atoms with van der Waals surface area (Å²) < 4.78 is 47.3. The van der Waals surface area contributed by atoms with Gasteiger partial charge in [-0.25, -0.2) is 9.48 Å². The molecule has 156 valence electrons. The predicted octanol–water partition coefficient (Wildman–Crippen LogP) is 3.41. The summed E-state index contributed by atoms with van der Waals surface area (Å²) in [5.41, 5.74) is 4.09. The number of nitrogens with zero attached hydrogens (tertiary/aromatic N) is 2. The van der Waals surface area contributed by atoms with E-state index in [0.29, 0.717) is 29.8 Å². The summed E-state index contributed by atoms with van der Waals surface area (Å²) in [7, 11) is 0.818. The van der Waals surface area contributed by atoms with Gasteiger partial charge in [0.15, 0.2) is 0 Å². The first kappa shape index (κ1) is 20.9. The second-order valence-corrected chi connectivity index (χ2v) is 6.99. The van der Waals surface area contributed by atoms with Crippen LogP contribution in [0.15, 0.2) is 36.4 Å². The highest BCUT2D eigenvalue weighted by molar-refractivity contribution is 5.87. The number of aliphatic hydroxyl groups is 1. The molecule has 3 N–H and O–H groups in total. The van der Waals surface area contributed by atoms with E-state index in [1.54, 1.807) is 37.3 Å². The molecule has 0 bridgehead atoms. The Morgan fingerprint density at radius 1 is 1.31 bits per heavy atom. The first-order valence-corrected chi connectivity index (χ1v) is 9.11. The molecule has 1 aliphatic carbocycles. The van der Waals surface area contributed by atoms with Crippen molar-refractivity contribution in [3.8, 4) is 5.69 Å². The lowest BCUT2D eigenvalue weighted by molar-refractivity contribution is -0.272. The van der Waals surface area contributed by atoms with Gasteiger partial charge in [0.25, 0.3) is 5.60 Å². The molecule has 2 atom stereocenters. The fourth-order valence-electron chi connectivity index (χ4n) is 3.87. The number of hydrogen-bond acceptors (Lipinski definition) is 5. The summed E-state index contributed by atoms with van der Waals surface area (Å²) >= 11 is 0. The number of carbonyl (C=O) groups is 1. The number of methoxy groups -OCH3 is 1. The number of nitrogen functional groups attached to an aromatic ring is 1. The quantitative estimate of drug-likeness (QED) is 0.756. The van der Waals surface area contributed by atoms with Crippen LogP contribution in [-0.4, -0.2) is 39.7 Å². The molecule has 1 aromatic heterocycles. The highest BCUT2D eigenvalue weighted by Crippen LogP contribution is 2.49. The van der Waals surface area contributed by atoms with Crippen molar-refractivity contribution in [2.75, 3.05) is 12.8 Å². The average molecular weight is 409 g/mol. The number of carbonyl (C=O) groups excluding carboxylic acids is 1. The van der Waals surface area contributed by atoms with Crippen molar-refractivity contribution in [1.82, 2.24) is 9.78 Å². The van der Waals surface area contributed by atoms with E-state index in [-0.39, 0.29) is 17.8 Å². The van der Waals surface area contributed by atoms with Crippen LogP contribution >= 0.6 is 0 Å². The summed E-state index contributed by atoms with van der Waals surface area (Å²) in [5, 5.41) is 14.9. The smallest absolute Gasteiger partial charge is 0.428 e. The van der Waals surface area contributed by atoms with Crippen LogP contribution < -0.4 is 5.73 Å². The largest absolute Gasteiger partial charge is 0.467 e. The average Bonchev–Trinajstić information content (AvgIpc) is 3.00. The van der Waals surface area contributed by atoms with E-state index < -0.39 is 23.7 Å². The van der Waals surface area contributed by atoms with Gasteiger partial charge in [-0.3, -0.25) is 0 Å². The number of rotatable bonds is 4. The maximum absolute atomic E-state index is 13.9. The molecule has 3 rings (SSSR count). The van der Waals surface area contributed by atoms with Gasteiger partial charge in [-0.15, -0.1) is 0 Å². The van der Waals surface area contributed by atoms with Crippen molar-refractivity contribution in [3.05, 3.63) is 47.7 Å². The lowest BCUT2D eigenvalue weighted by atomic mass is 9.72. The maximum Gasteiger partial charge on any atom is 0.428 e. The van der Waals surface area contributed by atoms with Gasteiger partial charge in [-0.05, 0) is 43.9 Å². The number of para-hydroxylation sites is 1. The molecule has 0 radical (unpaired) electrons. The predicted molar refractivity (Wildman–Crippen MR) is 101 cm³/mol. The maximum atomic E-state index is 13.9. The molecule has 0 saturated heterocycles. The van der Waals surface area contributed by atoms with Crippen molar-refractivity contribution >= 4 is 17.4 Å². The zero-order valence-electron chi connectivity index (χ0n) is 16.0. The van der Waals surface area contributed by atoms with Crippen LogP contribution in [-0.2, 0) is 9.53 Å². The topological polar surface area (TPSA) is 90.4 Å². The van der Waals surface area contributed by atoms with Crippen LogP contribution in [0.3, 0.4) is 0 Å². The Balaban J connectivity index is 2.16. The number of esters is 1. The summed E-state index contributed by atoms with van der Waals surface area (Å²) in [4.78, 5) is 12.1. The van der Waals surface area contributed by atoms with Gasteiger partial charge in [-0.2, -0.15) is 18.3 Å². The Morgan fingerprint density at radius 3 is 2.55 bits per heavy atom. The fraction of sp³-hybridized carbons (Fsp3) is 0.400. The van der Waals surface area contributed by atoms with Crippen LogP contribution in [0.2, 0.25) is 0 Å². The third-order valence-electron chi connectivity index (χ3n) is 5.26. The summed E-state index contributed by atoms with van der Waals surface area (Å²) in [6, 6.07) is 8.91. The van der Waals surface area contributed by atoms with Gasteiger partial charge in [0, 0.05) is 11.5 Å². The first-order chi connectivity index (χ1) is 13.6. The molecular formula is C20H22F3N3O3. The molecule has 0 fully saturated rings. The number of halogens is 3. The Bertz CT molecular complexity index is 938. The van der Waals surface area contributed by atoms with Crippen LogP contribution in [0.4, 0.5) is 19.0 Å². The number of benzene rings is 1. The SMILES string of the molecule is COC(=O)[C@@](O)(C1CCCC=C1c1c(C)nn(-c2ccccc2)c1N)C(F)(F)F. The molecule has 1 heterocycles. The highest BCUT2D eigenvalue weighted by atomic mass is 19.4. The Morgan fingerprint density at radius 2 is 1.97 bits per heavy atom. The second kappa shape index (κ2) is 7.55. The second-order valence-electron chi connectivity index (χ2n) is 6.99. The molecule has 29 heavy (non-hydrogen) atoms. The minimum Gasteiger partial charge on any atom is -0.467 e. The molecule has 9 heteroatoms. The lowest BCUT2D eigenvalue weighted by Crippen LogP contribution is -2.58. The van der Waals surface area contributed by atoms with E-state index in [0.717, 1.165) is 7.11 Å². The molecule has 0 spiro atoms. The van der Waals surface area contributed by atoms with Crippen molar-refractivity contribution in [3.63, 3.8) is 0 Å². The van der Waals surface area contributed by atoms with Gasteiger partial charge in [-0.1, -0.05) is 24.3 Å². The van der Waals surface area contributed by atoms with Crippen LogP contribution in [0.5, 0.6) is 0 Å². The minimum absolute atomic E-state index is 0.0493. The van der Waals surface area contributed by atoms with E-state index in [2.05, 4.69) is 9.84 Å². The van der Waals surface area contributed by atoms with E-state index in [9.17, 15) is 23.1 Å². The normalized spacial score (nSPS) is 19.4. The lowest BCUT2D eigenvalue weighted by Gasteiger charge is -2.38. The van der Waals surface area contributed by atoms with E-state index in [1.807, 2.05) is 6.07 Å². The van der Waals surface area contributed by atoms with E-state index in [4.69, 9.17) is 5.73 Å². The number of alkyl halides is 3. The number of aryl methyl sites for hydroxylation is 1. The van der Waals surface area contributed by atoms with Crippen molar-refractivity contribution in [1.29, 1.82) is 0 Å². The number of hydrogen-bond donors (Lipinski definition) is 2. The van der Waals surface area contributed by atoms with Crippen LogP contribution in [0.25, 0.3) is 11.3 Å². The minimum atomic E-state index is -5.22. The van der Waals surface area contributed by atoms with Crippen molar-refractivity contribution in [2.45, 2.75) is 38.0 Å². The number of nitrogens with two attached hydrogens (primary N) is 1. The standard InChI is InChI=1S/C20H22F3N3O3/c1-12-16(17(24)26(25-12)13-8-4-3-5-9-13)14-10-6-7-11-15(14)19(28,18(27)29-2)20(21,22)23/h3-5,8-10,15,28H,6-7,11,24H2,1-2H3/t15?,19-/m0/s1. The Hall–Kier alpha value is -2.81. The summed E-state index contributed by atoms with van der Waals surface area (Å²) in [5.74, 6) is -3.16. The van der Waals surface area contributed by atoms with Gasteiger partial charge >= 0.3 is 12.1 Å². The number of anilines is 1. The first-order valence-electron chi connectivity index (χ1n) is 9.11. The van der Waals surface area contributed by atoms with E-state index in [1.165, 1.54) is 4.68 Å². The summed E-state index contributed by atoms with van der Waals surface area (Å²) in [6.07, 6.45) is -2.80. The molecule has 1 unspecified atom stereocenters. The third kappa shape index (κ3) is 3.39. The molecule has 0 aliphatic heterocycles. The molecule has 6 nitrogen and oxygen atoms in total. The Kier molecular flexibility index (Phi) is 5.44. The number of aromatic nitrogens is 2. The van der Waals surface area contributed by atoms with Gasteiger partial charge < -0.3 is 15.6 Å². The monoisotopic (exact) mass is 409 g/mol. The zero-order valence-corrected chi connectivity index (χ0v) is 16.0. The number of ether oxygens (including phenoxy) is 1. The van der Waals surface area contributed by atoms with E-state index >= 15 is 0 Å². The van der Waals surface area contributed by atoms with Gasteiger partial charge in [0.05, 0.1) is 18.5 Å². The van der Waals surface area contributed by atoms with Gasteiger partial charge in [0.2, 0.25) is 0 Å². The van der Waals surface area contributed by atoms with Crippen LogP contribution in [0.1, 0.15) is 30.5 Å². The van der Waals surface area contributed by atoms with Crippen molar-refractivity contribution < 1.29 is 27.8 Å². The third-order valence-corrected chi connectivity index (χ3v) is 5.26. The van der Waals surface area contributed by atoms with Crippen LogP contribution in [0, 0.1) is 12.8 Å². The fourth-order valence-corrected chi connectivity index (χ4v) is 3.87. The summed E-state index contributed by atoms with van der Waals surface area (Å²) in [6.45, 7) is 1.63. The highest BCUT2D eigenvalue weighted by Gasteiger charge is 2.66. The molecule has 1 aliphatic rings. The molecule has 0 saturated carbocycles. The van der Waals surface area contributed by atoms with Crippen molar-refractivity contribution in [2.24, 2.45) is 5.92 Å². The molecule has 2 aromatic rings. The zero-order chi connectivity index (χ0) is 21.4. The molecule has 1 aromatic carbocycles.